The number of aromatic nitrogens is 2. The average Bonchev–Trinajstić information content (AvgIpc) is 3.13. The number of aliphatic hydroxyl groups is 1. The molecule has 3 heterocycles. The monoisotopic (exact) mass is 341 g/mol. The van der Waals surface area contributed by atoms with E-state index >= 15 is 0 Å². The second-order valence-corrected chi connectivity index (χ2v) is 5.46. The molecule has 1 amide bonds. The van der Waals surface area contributed by atoms with Crippen LogP contribution in [0.15, 0.2) is 42.6 Å². The first-order valence-corrected chi connectivity index (χ1v) is 7.73. The number of fused-ring (bicyclic) bond motifs is 2. The Morgan fingerprint density at radius 1 is 1.28 bits per heavy atom. The molecule has 130 valence electrons. The smallest absolute Gasteiger partial charge is 0.257 e. The molecule has 0 aliphatic carbocycles. The number of aliphatic hydroxyl groups excluding tert-OH is 1. The molecule has 0 atom stereocenters. The molecule has 25 heavy (non-hydrogen) atoms. The van der Waals surface area contributed by atoms with Crippen LogP contribution in [-0.4, -0.2) is 33.8 Å². The van der Waals surface area contributed by atoms with E-state index in [1.54, 1.807) is 22.8 Å². The predicted molar refractivity (Wildman–Crippen MR) is 95.4 cm³/mol. The van der Waals surface area contributed by atoms with Gasteiger partial charge in [0.1, 0.15) is 12.3 Å². The van der Waals surface area contributed by atoms with Crippen LogP contribution >= 0.6 is 0 Å². The molecule has 4 rings (SSSR count). The van der Waals surface area contributed by atoms with E-state index in [4.69, 9.17) is 21.3 Å². The molecule has 2 aromatic heterocycles. The van der Waals surface area contributed by atoms with Crippen LogP contribution < -0.4 is 21.5 Å². The lowest BCUT2D eigenvalue weighted by Gasteiger charge is -1.98. The highest BCUT2D eigenvalue weighted by atomic mass is 16.5. The van der Waals surface area contributed by atoms with E-state index in [1.807, 2.05) is 24.3 Å². The van der Waals surface area contributed by atoms with Crippen LogP contribution in [0.1, 0.15) is 5.56 Å². The quantitative estimate of drug-likeness (QED) is 0.527. The maximum Gasteiger partial charge on any atom is 0.257 e. The number of carbonyl (C=O) groups is 1. The Morgan fingerprint density at radius 2 is 2.12 bits per heavy atom. The first-order valence-electron chi connectivity index (χ1n) is 7.73. The summed E-state index contributed by atoms with van der Waals surface area (Å²) < 4.78 is 6.80. The molecule has 0 spiro atoms. The van der Waals surface area contributed by atoms with Crippen molar-refractivity contribution < 1.29 is 14.6 Å². The molecule has 0 fully saturated rings. The van der Waals surface area contributed by atoms with Crippen LogP contribution in [0, 0.1) is 0 Å². The predicted octanol–water partition coefficient (Wildman–Crippen LogP) is 1.05. The lowest BCUT2D eigenvalue weighted by Crippen LogP contribution is -2.03. The lowest BCUT2D eigenvalue weighted by molar-refractivity contribution is -0.115. The first-order chi connectivity index (χ1) is 12.1. The Kier molecular flexibility index (Phi) is 4.71. The maximum atomic E-state index is 10.9. The third-order valence-electron chi connectivity index (χ3n) is 3.63. The molecule has 1 aliphatic rings. The Hall–Kier alpha value is -3.26. The van der Waals surface area contributed by atoms with Gasteiger partial charge in [-0.15, -0.1) is 5.10 Å². The van der Waals surface area contributed by atoms with Crippen molar-refractivity contribution in [3.8, 4) is 5.88 Å². The van der Waals surface area contributed by atoms with Gasteiger partial charge in [-0.25, -0.2) is 4.52 Å². The highest BCUT2D eigenvalue weighted by Gasteiger charge is 2.16. The van der Waals surface area contributed by atoms with E-state index in [2.05, 4.69) is 10.4 Å². The zero-order chi connectivity index (χ0) is 17.8. The van der Waals surface area contributed by atoms with Crippen LogP contribution in [-0.2, 0) is 11.2 Å². The summed E-state index contributed by atoms with van der Waals surface area (Å²) in [6.45, 7) is 0.154. The first kappa shape index (κ1) is 16.6. The van der Waals surface area contributed by atoms with Gasteiger partial charge >= 0.3 is 0 Å². The summed E-state index contributed by atoms with van der Waals surface area (Å²) >= 11 is 0. The van der Waals surface area contributed by atoms with Crippen molar-refractivity contribution >= 4 is 28.5 Å². The number of pyridine rings is 1. The van der Waals surface area contributed by atoms with Crippen molar-refractivity contribution in [2.24, 2.45) is 0 Å². The van der Waals surface area contributed by atoms with Crippen LogP contribution in [0.25, 0.3) is 5.52 Å². The number of hydrogen-bond acceptors (Lipinski definition) is 6. The van der Waals surface area contributed by atoms with Crippen molar-refractivity contribution in [1.82, 2.24) is 9.61 Å². The van der Waals surface area contributed by atoms with Gasteiger partial charge in [0.15, 0.2) is 0 Å². The highest BCUT2D eigenvalue weighted by molar-refractivity contribution is 5.99. The number of nitrogens with one attached hydrogen (secondary N) is 1. The molecule has 8 heteroatoms. The van der Waals surface area contributed by atoms with E-state index in [9.17, 15) is 4.79 Å². The van der Waals surface area contributed by atoms with E-state index in [0.29, 0.717) is 23.7 Å². The third-order valence-corrected chi connectivity index (χ3v) is 3.63. The number of amides is 1. The van der Waals surface area contributed by atoms with Gasteiger partial charge in [0.05, 0.1) is 18.5 Å². The fourth-order valence-electron chi connectivity index (χ4n) is 2.48. The number of benzene rings is 1. The Morgan fingerprint density at radius 3 is 2.88 bits per heavy atom. The van der Waals surface area contributed by atoms with Gasteiger partial charge in [-0.05, 0) is 29.8 Å². The van der Waals surface area contributed by atoms with Gasteiger partial charge in [-0.1, -0.05) is 12.1 Å². The fourth-order valence-corrected chi connectivity index (χ4v) is 2.48. The molecule has 3 aromatic rings. The Bertz CT molecular complexity index is 906. The number of ether oxygens (including phenoxy) is 1. The summed E-state index contributed by atoms with van der Waals surface area (Å²) in [6.07, 6.45) is 2.27. The summed E-state index contributed by atoms with van der Waals surface area (Å²) in [7, 11) is 0. The van der Waals surface area contributed by atoms with Gasteiger partial charge in [-0.2, -0.15) is 0 Å². The fraction of sp³-hybridized carbons (Fsp3) is 0.176. The number of nitrogens with zero attached hydrogens (tertiary/aromatic N) is 2. The second kappa shape index (κ2) is 7.10. The molecule has 1 aromatic carbocycles. The standard InChI is InChI=1S/C9H11N3O2.C8H8N2O/c10-8-7-3-1-2-4-12(7)11-9(8)14-6-5-13;9-6-2-1-5-3-8(11)10-7(5)4-6/h1-4,13H,5-6,10H2;1-2,4H,3,9H2,(H,10,11). The van der Waals surface area contributed by atoms with Crippen molar-refractivity contribution in [1.29, 1.82) is 0 Å². The molecule has 6 N–H and O–H groups in total. The molecule has 0 saturated heterocycles. The van der Waals surface area contributed by atoms with E-state index < -0.39 is 0 Å². The molecule has 8 nitrogen and oxygen atoms in total. The number of hydrogen-bond donors (Lipinski definition) is 4. The summed E-state index contributed by atoms with van der Waals surface area (Å²) in [5.41, 5.74) is 15.2. The zero-order valence-corrected chi connectivity index (χ0v) is 13.5. The van der Waals surface area contributed by atoms with Gasteiger partial charge in [0.25, 0.3) is 5.88 Å². The highest BCUT2D eigenvalue weighted by Crippen LogP contribution is 2.25. The number of rotatable bonds is 3. The average molecular weight is 341 g/mol. The van der Waals surface area contributed by atoms with Crippen LogP contribution in [0.2, 0.25) is 0 Å². The van der Waals surface area contributed by atoms with Crippen LogP contribution in [0.3, 0.4) is 0 Å². The van der Waals surface area contributed by atoms with Crippen molar-refractivity contribution in [2.75, 3.05) is 30.0 Å². The molecular formula is C17H19N5O3. The minimum Gasteiger partial charge on any atom is -0.473 e. The van der Waals surface area contributed by atoms with Crippen molar-refractivity contribution in [3.05, 3.63) is 48.2 Å². The molecule has 0 bridgehead atoms. The largest absolute Gasteiger partial charge is 0.473 e. The molecule has 0 saturated carbocycles. The third kappa shape index (κ3) is 3.64. The van der Waals surface area contributed by atoms with E-state index in [1.165, 1.54) is 0 Å². The molecule has 0 radical (unpaired) electrons. The van der Waals surface area contributed by atoms with Gasteiger partial charge < -0.3 is 26.6 Å². The van der Waals surface area contributed by atoms with E-state index in [0.717, 1.165) is 16.8 Å². The van der Waals surface area contributed by atoms with Gasteiger partial charge in [0, 0.05) is 17.6 Å². The summed E-state index contributed by atoms with van der Waals surface area (Å²) in [5.74, 6) is 0.413. The van der Waals surface area contributed by atoms with Crippen molar-refractivity contribution in [2.45, 2.75) is 6.42 Å². The number of nitrogens with two attached hydrogens (primary N) is 2. The molecular weight excluding hydrogens is 322 g/mol. The SMILES string of the molecule is Nc1c(OCCO)nn2ccccc12.Nc1ccc2c(c1)NC(=O)C2. The van der Waals surface area contributed by atoms with Crippen molar-refractivity contribution in [3.63, 3.8) is 0 Å². The number of anilines is 3. The number of nitrogen functional groups attached to an aromatic ring is 2. The molecule has 0 unspecified atom stereocenters. The second-order valence-electron chi connectivity index (χ2n) is 5.46. The van der Waals surface area contributed by atoms with Crippen LogP contribution in [0.4, 0.5) is 17.1 Å². The van der Waals surface area contributed by atoms with Gasteiger partial charge in [0.2, 0.25) is 5.91 Å². The van der Waals surface area contributed by atoms with Crippen LogP contribution in [0.5, 0.6) is 5.88 Å². The Labute approximate surface area is 144 Å². The lowest BCUT2D eigenvalue weighted by atomic mass is 10.1. The normalized spacial score (nSPS) is 12.3. The van der Waals surface area contributed by atoms with Gasteiger partial charge in [-0.3, -0.25) is 4.79 Å². The topological polar surface area (TPSA) is 128 Å². The summed E-state index contributed by atoms with van der Waals surface area (Å²) in [6, 6.07) is 11.1. The Balaban J connectivity index is 0.000000150. The number of carbonyl (C=O) groups excluding carboxylic acids is 1. The zero-order valence-electron chi connectivity index (χ0n) is 13.5. The van der Waals surface area contributed by atoms with E-state index in [-0.39, 0.29) is 19.1 Å². The summed E-state index contributed by atoms with van der Waals surface area (Å²) in [4.78, 5) is 10.9. The summed E-state index contributed by atoms with van der Waals surface area (Å²) in [5, 5.41) is 15.4. The maximum absolute atomic E-state index is 10.9. The minimum atomic E-state index is -0.0483. The minimum absolute atomic E-state index is 0.0469. The molecule has 1 aliphatic heterocycles.